The zero-order valence-electron chi connectivity index (χ0n) is 20.8. The van der Waals surface area contributed by atoms with Gasteiger partial charge in [0.25, 0.3) is 0 Å². The summed E-state index contributed by atoms with van der Waals surface area (Å²) in [5, 5.41) is 10.9. The summed E-state index contributed by atoms with van der Waals surface area (Å²) in [6, 6.07) is 11.9. The van der Waals surface area contributed by atoms with Crippen LogP contribution in [0.3, 0.4) is 0 Å². The van der Waals surface area contributed by atoms with Crippen LogP contribution in [-0.4, -0.2) is 64.6 Å². The minimum absolute atomic E-state index is 0.0627. The zero-order valence-corrected chi connectivity index (χ0v) is 22.4. The van der Waals surface area contributed by atoms with Gasteiger partial charge in [-0.1, -0.05) is 37.1 Å². The summed E-state index contributed by atoms with van der Waals surface area (Å²) in [5.74, 6) is -3.23. The van der Waals surface area contributed by atoms with Crippen molar-refractivity contribution >= 4 is 38.4 Å². The number of carboxylic acids is 1. The molecule has 9 nitrogen and oxygen atoms in total. The number of carboxylic acid groups (broad SMARTS) is 1. The number of unbranched alkanes of at least 4 members (excludes halogenated alkanes) is 3. The molecule has 0 saturated carbocycles. The Morgan fingerprint density at radius 3 is 2.26 bits per heavy atom. The van der Waals surface area contributed by atoms with Crippen molar-refractivity contribution in [1.29, 1.82) is 0 Å². The van der Waals surface area contributed by atoms with E-state index < -0.39 is 37.7 Å². The number of hydrogen-bond acceptors (Lipinski definition) is 6. The molecular formula is C26H31FN2O7S2. The molecule has 1 aliphatic rings. The van der Waals surface area contributed by atoms with Gasteiger partial charge < -0.3 is 15.3 Å². The van der Waals surface area contributed by atoms with Crippen molar-refractivity contribution in [3.8, 4) is 0 Å². The summed E-state index contributed by atoms with van der Waals surface area (Å²) in [7, 11) is -5.46. The molecule has 0 bridgehead atoms. The second-order valence-electron chi connectivity index (χ2n) is 9.14. The number of carbonyl (C=O) groups excluding carboxylic acids is 2. The highest BCUT2D eigenvalue weighted by Crippen LogP contribution is 2.24. The Labute approximate surface area is 223 Å². The van der Waals surface area contributed by atoms with Gasteiger partial charge >= 0.3 is 5.97 Å². The lowest BCUT2D eigenvalue weighted by molar-refractivity contribution is -0.145. The number of rotatable bonds is 15. The van der Waals surface area contributed by atoms with Crippen molar-refractivity contribution in [3.05, 3.63) is 65.5 Å². The van der Waals surface area contributed by atoms with Crippen LogP contribution in [0.5, 0.6) is 0 Å². The predicted molar refractivity (Wildman–Crippen MR) is 140 cm³/mol. The van der Waals surface area contributed by atoms with Gasteiger partial charge in [0.2, 0.25) is 11.8 Å². The average molecular weight is 567 g/mol. The van der Waals surface area contributed by atoms with E-state index >= 15 is 0 Å². The van der Waals surface area contributed by atoms with Crippen molar-refractivity contribution in [2.45, 2.75) is 54.5 Å². The summed E-state index contributed by atoms with van der Waals surface area (Å²) in [6.45, 7) is 0.300. The van der Waals surface area contributed by atoms with Gasteiger partial charge in [-0.2, -0.15) is 0 Å². The molecule has 0 aromatic heterocycles. The fourth-order valence-electron chi connectivity index (χ4n) is 4.05. The van der Waals surface area contributed by atoms with Crippen molar-refractivity contribution < 1.29 is 36.5 Å². The number of aliphatic carboxylic acids is 1. The lowest BCUT2D eigenvalue weighted by atomic mass is 10.1. The fourth-order valence-corrected chi connectivity index (χ4v) is 6.61. The van der Waals surface area contributed by atoms with E-state index in [9.17, 15) is 31.4 Å². The fraction of sp³-hybridized carbons (Fsp3) is 0.423. The first-order valence-corrected chi connectivity index (χ1v) is 15.3. The summed E-state index contributed by atoms with van der Waals surface area (Å²) >= 11 is 0. The third-order valence-electron chi connectivity index (χ3n) is 6.17. The van der Waals surface area contributed by atoms with E-state index in [2.05, 4.69) is 5.32 Å². The highest BCUT2D eigenvalue weighted by atomic mass is 32.2. The van der Waals surface area contributed by atoms with Crippen LogP contribution in [-0.2, 0) is 47.2 Å². The molecule has 0 aliphatic carbocycles. The molecule has 1 heterocycles. The summed E-state index contributed by atoms with van der Waals surface area (Å²) in [4.78, 5) is 36.2. The molecule has 0 spiro atoms. The van der Waals surface area contributed by atoms with Crippen LogP contribution in [0.2, 0.25) is 0 Å². The molecular weight excluding hydrogens is 535 g/mol. The van der Waals surface area contributed by atoms with Crippen LogP contribution >= 0.6 is 0 Å². The van der Waals surface area contributed by atoms with E-state index in [1.807, 2.05) is 0 Å². The maximum atomic E-state index is 12.9. The molecule has 2 unspecified atom stereocenters. The van der Waals surface area contributed by atoms with Crippen LogP contribution in [0, 0.1) is 5.82 Å². The molecule has 2 aromatic rings. The Hall–Kier alpha value is -3.12. The Morgan fingerprint density at radius 1 is 1.00 bits per heavy atom. The van der Waals surface area contributed by atoms with E-state index in [0.717, 1.165) is 37.7 Å². The minimum Gasteiger partial charge on any atom is -0.480 e. The van der Waals surface area contributed by atoms with Crippen molar-refractivity contribution in [3.63, 3.8) is 0 Å². The standard InChI is InChI=1S/C26H31FN2O7S2/c27-21-10-6-19(7-11-21)5-3-1-2-4-14-28-23(30)16-29-24(31)15-25(29)37(34)17-20-8-12-22(13-9-20)38(35,36)18-26(32)33/h6-13,25H,1-5,14-18H2,(H,28,30)(H,32,33). The maximum Gasteiger partial charge on any atom is 0.319 e. The molecule has 38 heavy (non-hydrogen) atoms. The summed E-state index contributed by atoms with van der Waals surface area (Å²) < 4.78 is 49.7. The zero-order chi connectivity index (χ0) is 27.7. The Kier molecular flexibility index (Phi) is 10.5. The van der Waals surface area contributed by atoms with Crippen LogP contribution in [0.1, 0.15) is 43.2 Å². The maximum absolute atomic E-state index is 12.9. The number of nitrogens with one attached hydrogen (secondary N) is 1. The second-order valence-corrected chi connectivity index (χ2v) is 12.7. The van der Waals surface area contributed by atoms with Crippen molar-refractivity contribution in [1.82, 2.24) is 10.2 Å². The van der Waals surface area contributed by atoms with Gasteiger partial charge in [0.05, 0.1) is 17.1 Å². The van der Waals surface area contributed by atoms with E-state index in [-0.39, 0.29) is 41.2 Å². The van der Waals surface area contributed by atoms with Gasteiger partial charge in [-0.3, -0.25) is 18.6 Å². The number of hydrogen-bond donors (Lipinski definition) is 2. The number of aryl methyl sites for hydroxylation is 1. The average Bonchev–Trinajstić information content (AvgIpc) is 2.86. The number of β-lactam (4-membered cyclic amide) rings is 1. The highest BCUT2D eigenvalue weighted by molar-refractivity contribution is 7.92. The molecule has 1 fully saturated rings. The predicted octanol–water partition coefficient (Wildman–Crippen LogP) is 2.41. The monoisotopic (exact) mass is 566 g/mol. The van der Waals surface area contributed by atoms with Crippen molar-refractivity contribution in [2.24, 2.45) is 0 Å². The number of sulfone groups is 1. The minimum atomic E-state index is -3.96. The highest BCUT2D eigenvalue weighted by Gasteiger charge is 2.41. The SMILES string of the molecule is O=C(O)CS(=O)(=O)c1ccc(CS(=O)C2CC(=O)N2CC(=O)NCCCCCCc2ccc(F)cc2)cc1. The molecule has 12 heteroatoms. The van der Waals surface area contributed by atoms with Gasteiger partial charge in [-0.05, 0) is 54.7 Å². The molecule has 1 aliphatic heterocycles. The van der Waals surface area contributed by atoms with Gasteiger partial charge in [-0.15, -0.1) is 0 Å². The van der Waals surface area contributed by atoms with Crippen LogP contribution < -0.4 is 5.32 Å². The molecule has 2 amide bonds. The first-order valence-electron chi connectivity index (χ1n) is 12.3. The molecule has 2 aromatic carbocycles. The van der Waals surface area contributed by atoms with Crippen LogP contribution in [0.15, 0.2) is 53.4 Å². The number of carbonyl (C=O) groups is 3. The van der Waals surface area contributed by atoms with Gasteiger partial charge in [0, 0.05) is 17.3 Å². The third-order valence-corrected chi connectivity index (χ3v) is 9.43. The van der Waals surface area contributed by atoms with Gasteiger partial charge in [0.1, 0.15) is 17.7 Å². The molecule has 1 saturated heterocycles. The first-order chi connectivity index (χ1) is 18.0. The topological polar surface area (TPSA) is 138 Å². The first kappa shape index (κ1) is 29.4. The molecule has 3 rings (SSSR count). The van der Waals surface area contributed by atoms with Crippen LogP contribution in [0.4, 0.5) is 4.39 Å². The van der Waals surface area contributed by atoms with Crippen molar-refractivity contribution in [2.75, 3.05) is 18.8 Å². The summed E-state index contributed by atoms with van der Waals surface area (Å²) in [6.07, 6.45) is 4.60. The number of nitrogens with zero attached hydrogens (tertiary/aromatic N) is 1. The van der Waals surface area contributed by atoms with E-state index in [1.165, 1.54) is 41.3 Å². The Morgan fingerprint density at radius 2 is 1.63 bits per heavy atom. The third kappa shape index (κ3) is 8.73. The smallest absolute Gasteiger partial charge is 0.319 e. The number of likely N-dealkylation sites (tertiary alicyclic amines) is 1. The van der Waals surface area contributed by atoms with Crippen LogP contribution in [0.25, 0.3) is 0 Å². The van der Waals surface area contributed by atoms with E-state index in [1.54, 1.807) is 12.1 Å². The molecule has 0 radical (unpaired) electrons. The number of benzene rings is 2. The second kappa shape index (κ2) is 13.6. The number of halogens is 1. The largest absolute Gasteiger partial charge is 0.480 e. The Bertz CT molecular complexity index is 1270. The van der Waals surface area contributed by atoms with Gasteiger partial charge in [0.15, 0.2) is 15.6 Å². The normalized spacial score (nSPS) is 16.1. The van der Waals surface area contributed by atoms with E-state index in [4.69, 9.17) is 5.11 Å². The van der Waals surface area contributed by atoms with Gasteiger partial charge in [-0.25, -0.2) is 12.8 Å². The summed E-state index contributed by atoms with van der Waals surface area (Å²) in [5.41, 5.74) is 1.66. The molecule has 2 N–H and O–H groups in total. The quantitative estimate of drug-likeness (QED) is 0.249. The van der Waals surface area contributed by atoms with E-state index in [0.29, 0.717) is 12.1 Å². The number of amides is 2. The lowest BCUT2D eigenvalue weighted by Crippen LogP contribution is -2.57. The Balaban J connectivity index is 1.36. The molecule has 206 valence electrons. The molecule has 2 atom stereocenters. The lowest BCUT2D eigenvalue weighted by Gasteiger charge is -2.39.